The molecule has 15 heteroatoms. The maximum absolute atomic E-state index is 16.8. The molecule has 3 N–H and O–H groups in total. The summed E-state index contributed by atoms with van der Waals surface area (Å²) in [5, 5.41) is 3.07. The van der Waals surface area contributed by atoms with Crippen LogP contribution in [0, 0.1) is 11.6 Å². The molecule has 0 unspecified atom stereocenters. The van der Waals surface area contributed by atoms with E-state index in [4.69, 9.17) is 31.8 Å². The van der Waals surface area contributed by atoms with Gasteiger partial charge in [0.05, 0.1) is 22.3 Å². The zero-order valence-electron chi connectivity index (χ0n) is 25.4. The molecule has 46 heavy (non-hydrogen) atoms. The predicted molar refractivity (Wildman–Crippen MR) is 164 cm³/mol. The number of aromatic nitrogens is 3. The molecule has 3 fully saturated rings. The minimum atomic E-state index is -2.92. The van der Waals surface area contributed by atoms with E-state index >= 15 is 4.39 Å². The number of fused-ring (bicyclic) bond motifs is 3. The van der Waals surface area contributed by atoms with Gasteiger partial charge in [-0.15, -0.1) is 0 Å². The van der Waals surface area contributed by atoms with Crippen LogP contribution in [0.3, 0.4) is 0 Å². The molecule has 248 valence electrons. The van der Waals surface area contributed by atoms with Crippen LogP contribution in [0.4, 0.5) is 33.5 Å². The van der Waals surface area contributed by atoms with Gasteiger partial charge in [0.25, 0.3) is 0 Å². The van der Waals surface area contributed by atoms with Crippen LogP contribution in [0.15, 0.2) is 6.07 Å². The molecular weight excluding hydrogens is 633 g/mol. The van der Waals surface area contributed by atoms with Crippen molar-refractivity contribution in [2.45, 2.75) is 82.3 Å². The van der Waals surface area contributed by atoms with Crippen molar-refractivity contribution >= 4 is 34.0 Å². The van der Waals surface area contributed by atoms with Crippen molar-refractivity contribution in [2.24, 2.45) is 0 Å². The van der Waals surface area contributed by atoms with Crippen molar-refractivity contribution in [1.82, 2.24) is 25.2 Å². The molecule has 2 aromatic heterocycles. The first-order valence-corrected chi connectivity index (χ1v) is 16.0. The highest BCUT2D eigenvalue weighted by atomic mass is 35.5. The minimum absolute atomic E-state index is 0.00368. The SMILES string of the molecule is CC[C@@H]1NCCN2c3nc(OC[C@@]45CCCN4C[C@H](F)C5)nc4c(F)c(-c5cc(N)c(F)c(Cl)c5CC(F)F)nc(c34)O[C@@H](C)[C@H]12. The second-order valence-electron chi connectivity index (χ2n) is 12.7. The fourth-order valence-electron chi connectivity index (χ4n) is 7.85. The molecular formula is C31H35ClF5N7O2. The number of nitrogens with two attached hydrogens (primary N) is 1. The highest BCUT2D eigenvalue weighted by molar-refractivity contribution is 6.32. The largest absolute Gasteiger partial charge is 0.472 e. The molecule has 0 spiro atoms. The summed E-state index contributed by atoms with van der Waals surface area (Å²) in [6.45, 7) is 6.28. The van der Waals surface area contributed by atoms with Gasteiger partial charge in [-0.05, 0) is 44.4 Å². The maximum Gasteiger partial charge on any atom is 0.319 e. The van der Waals surface area contributed by atoms with E-state index in [-0.39, 0.29) is 52.6 Å². The van der Waals surface area contributed by atoms with Gasteiger partial charge in [-0.2, -0.15) is 9.97 Å². The predicted octanol–water partition coefficient (Wildman–Crippen LogP) is 5.31. The average Bonchev–Trinajstić information content (AvgIpc) is 3.52. The van der Waals surface area contributed by atoms with E-state index in [0.29, 0.717) is 31.9 Å². The lowest BCUT2D eigenvalue weighted by Crippen LogP contribution is -2.62. The molecule has 9 nitrogen and oxygen atoms in total. The third-order valence-corrected chi connectivity index (χ3v) is 10.3. The number of rotatable bonds is 7. The van der Waals surface area contributed by atoms with Gasteiger partial charge >= 0.3 is 6.01 Å². The van der Waals surface area contributed by atoms with Gasteiger partial charge in [0.1, 0.15) is 41.3 Å². The number of alkyl halides is 3. The first kappa shape index (κ1) is 31.4. The van der Waals surface area contributed by atoms with Crippen LogP contribution >= 0.6 is 11.6 Å². The Balaban J connectivity index is 1.42. The summed E-state index contributed by atoms with van der Waals surface area (Å²) in [6, 6.07) is 0.694. The lowest BCUT2D eigenvalue weighted by atomic mass is 9.95. The van der Waals surface area contributed by atoms with E-state index in [9.17, 15) is 17.6 Å². The number of nitrogens with zero attached hydrogens (tertiary/aromatic N) is 5. The van der Waals surface area contributed by atoms with Gasteiger partial charge in [-0.1, -0.05) is 18.5 Å². The monoisotopic (exact) mass is 667 g/mol. The Morgan fingerprint density at radius 1 is 1.22 bits per heavy atom. The van der Waals surface area contributed by atoms with Crippen LogP contribution in [0.5, 0.6) is 11.9 Å². The zero-order valence-corrected chi connectivity index (χ0v) is 26.2. The van der Waals surface area contributed by atoms with Crippen LogP contribution in [0.2, 0.25) is 5.02 Å². The lowest BCUT2D eigenvalue weighted by Gasteiger charge is -2.43. The van der Waals surface area contributed by atoms with E-state index < -0.39 is 58.7 Å². The molecule has 6 heterocycles. The lowest BCUT2D eigenvalue weighted by molar-refractivity contribution is 0.107. The maximum atomic E-state index is 16.8. The van der Waals surface area contributed by atoms with E-state index in [2.05, 4.69) is 20.2 Å². The van der Waals surface area contributed by atoms with Gasteiger partial charge in [0, 0.05) is 44.1 Å². The Bertz CT molecular complexity index is 1680. The first-order chi connectivity index (χ1) is 22.0. The smallest absolute Gasteiger partial charge is 0.319 e. The molecule has 0 radical (unpaired) electrons. The number of piperazine rings is 1. The first-order valence-electron chi connectivity index (χ1n) is 15.7. The zero-order chi connectivity index (χ0) is 32.5. The third kappa shape index (κ3) is 5.07. The van der Waals surface area contributed by atoms with Crippen molar-refractivity contribution in [3.05, 3.63) is 28.3 Å². The van der Waals surface area contributed by atoms with E-state index in [1.54, 1.807) is 0 Å². The summed E-state index contributed by atoms with van der Waals surface area (Å²) in [5.41, 5.74) is 3.71. The summed E-state index contributed by atoms with van der Waals surface area (Å²) in [7, 11) is 0. The van der Waals surface area contributed by atoms with Crippen molar-refractivity contribution in [2.75, 3.05) is 43.4 Å². The summed E-state index contributed by atoms with van der Waals surface area (Å²) in [5.74, 6) is -1.71. The summed E-state index contributed by atoms with van der Waals surface area (Å²) in [4.78, 5) is 17.9. The topological polar surface area (TPSA) is 102 Å². The third-order valence-electron chi connectivity index (χ3n) is 9.91. The van der Waals surface area contributed by atoms with E-state index in [0.717, 1.165) is 31.9 Å². The fraction of sp³-hybridized carbons (Fsp3) is 0.581. The highest BCUT2D eigenvalue weighted by Crippen LogP contribution is 2.45. The standard InChI is InChI=1S/C31H35ClF5N7O2/c1-3-19-27-14(2)46-29-21-26(24(37)25(40-29)17-9-18(38)23(36)22(32)16(17)10-20(34)35)41-30(42-28(21)44(27)8-6-39-19)45-13-31-5-4-7-43(31)12-15(33)11-31/h9,14-15,19-20,27,39H,3-8,10-13,38H2,1-2H3/t14-,15+,19-,27+,31-/m0/s1. The van der Waals surface area contributed by atoms with Gasteiger partial charge < -0.3 is 25.4 Å². The van der Waals surface area contributed by atoms with Gasteiger partial charge in [-0.25, -0.2) is 26.9 Å². The number of halogens is 6. The second kappa shape index (κ2) is 11.8. The molecule has 0 saturated carbocycles. The molecule has 1 aromatic carbocycles. The molecule has 0 aliphatic carbocycles. The van der Waals surface area contributed by atoms with Crippen molar-refractivity contribution in [3.8, 4) is 23.1 Å². The molecule has 4 aliphatic rings. The average molecular weight is 668 g/mol. The fourth-order valence-corrected chi connectivity index (χ4v) is 8.14. The van der Waals surface area contributed by atoms with Gasteiger partial charge in [0.2, 0.25) is 12.3 Å². The number of benzene rings is 1. The number of nitrogens with one attached hydrogen (secondary N) is 1. The second-order valence-corrected chi connectivity index (χ2v) is 13.1. The number of nitrogen functional groups attached to an aromatic ring is 1. The van der Waals surface area contributed by atoms with Crippen LogP contribution in [0.25, 0.3) is 22.2 Å². The molecule has 4 aliphatic heterocycles. The van der Waals surface area contributed by atoms with Crippen molar-refractivity contribution in [1.29, 1.82) is 0 Å². The van der Waals surface area contributed by atoms with Crippen molar-refractivity contribution in [3.63, 3.8) is 0 Å². The summed E-state index contributed by atoms with van der Waals surface area (Å²) in [6.07, 6.45) is -2.57. The van der Waals surface area contributed by atoms with Gasteiger partial charge in [0.15, 0.2) is 11.6 Å². The van der Waals surface area contributed by atoms with E-state index in [1.807, 2.05) is 18.7 Å². The van der Waals surface area contributed by atoms with Crippen LogP contribution in [-0.4, -0.2) is 89.0 Å². The number of hydrogen-bond donors (Lipinski definition) is 2. The Morgan fingerprint density at radius 3 is 2.78 bits per heavy atom. The number of ether oxygens (including phenoxy) is 2. The summed E-state index contributed by atoms with van der Waals surface area (Å²) < 4.78 is 86.0. The Hall–Kier alpha value is -3.23. The highest BCUT2D eigenvalue weighted by Gasteiger charge is 2.49. The number of hydrogen-bond acceptors (Lipinski definition) is 9. The quantitative estimate of drug-likeness (QED) is 0.257. The molecule has 0 amide bonds. The number of pyridine rings is 1. The van der Waals surface area contributed by atoms with E-state index in [1.165, 1.54) is 0 Å². The Kier molecular flexibility index (Phi) is 8.03. The summed E-state index contributed by atoms with van der Waals surface area (Å²) >= 11 is 6.17. The molecule has 3 aromatic rings. The minimum Gasteiger partial charge on any atom is -0.472 e. The Labute approximate surface area is 267 Å². The van der Waals surface area contributed by atoms with Crippen LogP contribution in [0.1, 0.15) is 45.1 Å². The molecule has 3 saturated heterocycles. The van der Waals surface area contributed by atoms with Gasteiger partial charge in [-0.3, -0.25) is 4.90 Å². The number of anilines is 2. The van der Waals surface area contributed by atoms with Crippen LogP contribution in [-0.2, 0) is 6.42 Å². The molecule has 5 atom stereocenters. The van der Waals surface area contributed by atoms with Crippen molar-refractivity contribution < 1.29 is 31.4 Å². The van der Waals surface area contributed by atoms with Crippen LogP contribution < -0.4 is 25.4 Å². The Morgan fingerprint density at radius 2 is 2.02 bits per heavy atom. The molecule has 7 rings (SSSR count). The normalized spacial score (nSPS) is 27.5. The molecule has 0 bridgehead atoms.